The molecule has 2 aliphatic heterocycles. The SMILES string of the molecule is CCN1CCN(c2ccc(Cl)cc2NC(=O)CN2C(=O)NC(CC)(c3ccccc3)C2=O)CC1. The molecular formula is C25H30ClN5O3. The van der Waals surface area contributed by atoms with Crippen LogP contribution < -0.4 is 15.5 Å². The lowest BCUT2D eigenvalue weighted by Gasteiger charge is -2.36. The van der Waals surface area contributed by atoms with Gasteiger partial charge in [0.25, 0.3) is 5.91 Å². The van der Waals surface area contributed by atoms with Crippen molar-refractivity contribution in [3.63, 3.8) is 0 Å². The number of amides is 4. The summed E-state index contributed by atoms with van der Waals surface area (Å²) >= 11 is 6.22. The van der Waals surface area contributed by atoms with Crippen LogP contribution in [0.2, 0.25) is 5.02 Å². The van der Waals surface area contributed by atoms with E-state index in [0.717, 1.165) is 43.3 Å². The van der Waals surface area contributed by atoms with Crippen LogP contribution in [0, 0.1) is 0 Å². The second-order valence-electron chi connectivity index (χ2n) is 8.58. The fourth-order valence-corrected chi connectivity index (χ4v) is 4.83. The van der Waals surface area contributed by atoms with Crippen molar-refractivity contribution in [3.05, 3.63) is 59.1 Å². The molecule has 2 aromatic carbocycles. The van der Waals surface area contributed by atoms with E-state index >= 15 is 0 Å². The molecule has 2 aliphatic rings. The Hall–Kier alpha value is -3.10. The van der Waals surface area contributed by atoms with Crippen LogP contribution >= 0.6 is 11.6 Å². The first-order valence-electron chi connectivity index (χ1n) is 11.6. The normalized spacial score (nSPS) is 21.0. The monoisotopic (exact) mass is 483 g/mol. The Labute approximate surface area is 204 Å². The van der Waals surface area contributed by atoms with Crippen LogP contribution in [0.25, 0.3) is 0 Å². The molecule has 1 unspecified atom stereocenters. The summed E-state index contributed by atoms with van der Waals surface area (Å²) in [5.41, 5.74) is 0.970. The molecule has 0 saturated carbocycles. The molecule has 2 aromatic rings. The number of halogens is 1. The van der Waals surface area contributed by atoms with Gasteiger partial charge in [-0.05, 0) is 36.7 Å². The van der Waals surface area contributed by atoms with E-state index in [1.54, 1.807) is 12.1 Å². The summed E-state index contributed by atoms with van der Waals surface area (Å²) in [6, 6.07) is 13.9. The summed E-state index contributed by atoms with van der Waals surface area (Å²) in [6.07, 6.45) is 0.377. The van der Waals surface area contributed by atoms with Crippen molar-refractivity contribution in [1.29, 1.82) is 0 Å². The molecule has 34 heavy (non-hydrogen) atoms. The standard InChI is InChI=1S/C25H30ClN5O3/c1-3-25(18-8-6-5-7-9-18)23(33)31(24(34)28-25)17-22(32)27-20-16-19(26)10-11-21(20)30-14-12-29(4-2)13-15-30/h5-11,16H,3-4,12-15,17H2,1-2H3,(H,27,32)(H,28,34). The average Bonchev–Trinajstić information content (AvgIpc) is 3.10. The van der Waals surface area contributed by atoms with Crippen LogP contribution in [0.15, 0.2) is 48.5 Å². The smallest absolute Gasteiger partial charge is 0.325 e. The van der Waals surface area contributed by atoms with Crippen LogP contribution in [-0.4, -0.2) is 66.9 Å². The third kappa shape index (κ3) is 4.60. The number of likely N-dealkylation sites (N-methyl/N-ethyl adjacent to an activating group) is 1. The van der Waals surface area contributed by atoms with E-state index in [9.17, 15) is 14.4 Å². The molecular weight excluding hydrogens is 454 g/mol. The van der Waals surface area contributed by atoms with Gasteiger partial charge >= 0.3 is 6.03 Å². The number of rotatable bonds is 7. The van der Waals surface area contributed by atoms with Gasteiger partial charge in [-0.3, -0.25) is 14.5 Å². The van der Waals surface area contributed by atoms with Crippen molar-refractivity contribution < 1.29 is 14.4 Å². The molecule has 4 amide bonds. The number of imide groups is 1. The number of hydrogen-bond acceptors (Lipinski definition) is 5. The van der Waals surface area contributed by atoms with Crippen molar-refractivity contribution in [2.45, 2.75) is 25.8 Å². The Kier molecular flexibility index (Phi) is 7.09. The zero-order valence-electron chi connectivity index (χ0n) is 19.5. The molecule has 2 heterocycles. The fraction of sp³-hybridized carbons (Fsp3) is 0.400. The van der Waals surface area contributed by atoms with Crippen LogP contribution in [0.4, 0.5) is 16.2 Å². The lowest BCUT2D eigenvalue weighted by molar-refractivity contribution is -0.134. The van der Waals surface area contributed by atoms with Crippen molar-refractivity contribution >= 4 is 40.8 Å². The van der Waals surface area contributed by atoms with E-state index in [1.807, 2.05) is 43.3 Å². The number of piperazine rings is 1. The largest absolute Gasteiger partial charge is 0.367 e. The van der Waals surface area contributed by atoms with E-state index in [0.29, 0.717) is 22.7 Å². The quantitative estimate of drug-likeness (QED) is 0.590. The lowest BCUT2D eigenvalue weighted by atomic mass is 9.87. The molecule has 2 saturated heterocycles. The first-order chi connectivity index (χ1) is 16.4. The Bertz CT molecular complexity index is 1070. The minimum Gasteiger partial charge on any atom is -0.367 e. The van der Waals surface area contributed by atoms with E-state index < -0.39 is 23.4 Å². The van der Waals surface area contributed by atoms with Crippen LogP contribution in [0.3, 0.4) is 0 Å². The average molecular weight is 484 g/mol. The second kappa shape index (κ2) is 10.0. The Balaban J connectivity index is 1.50. The van der Waals surface area contributed by atoms with Crippen molar-refractivity contribution in [2.24, 2.45) is 0 Å². The van der Waals surface area contributed by atoms with Crippen LogP contribution in [0.1, 0.15) is 25.8 Å². The molecule has 0 aromatic heterocycles. The summed E-state index contributed by atoms with van der Waals surface area (Å²) in [4.78, 5) is 44.6. The van der Waals surface area contributed by atoms with Gasteiger partial charge in [0, 0.05) is 31.2 Å². The van der Waals surface area contributed by atoms with E-state index in [4.69, 9.17) is 11.6 Å². The number of hydrogen-bond donors (Lipinski definition) is 2. The van der Waals surface area contributed by atoms with E-state index in [1.165, 1.54) is 0 Å². The number of anilines is 2. The van der Waals surface area contributed by atoms with Crippen molar-refractivity contribution in [2.75, 3.05) is 49.5 Å². The minimum atomic E-state index is -1.17. The number of carbonyl (C=O) groups is 3. The van der Waals surface area contributed by atoms with Crippen molar-refractivity contribution in [3.8, 4) is 0 Å². The molecule has 8 nitrogen and oxygen atoms in total. The highest BCUT2D eigenvalue weighted by Crippen LogP contribution is 2.33. The Morgan fingerprint density at radius 2 is 1.76 bits per heavy atom. The molecule has 2 N–H and O–H groups in total. The van der Waals surface area contributed by atoms with Gasteiger partial charge in [0.2, 0.25) is 5.91 Å². The van der Waals surface area contributed by atoms with Crippen LogP contribution in [0.5, 0.6) is 0 Å². The van der Waals surface area contributed by atoms with Gasteiger partial charge in [0.05, 0.1) is 11.4 Å². The Morgan fingerprint density at radius 3 is 2.41 bits per heavy atom. The minimum absolute atomic E-state index is 0.377. The van der Waals surface area contributed by atoms with Gasteiger partial charge in [-0.1, -0.05) is 55.8 Å². The molecule has 4 rings (SSSR count). The number of urea groups is 1. The summed E-state index contributed by atoms with van der Waals surface area (Å²) < 4.78 is 0. The highest BCUT2D eigenvalue weighted by atomic mass is 35.5. The molecule has 0 bridgehead atoms. The molecule has 9 heteroatoms. The zero-order valence-corrected chi connectivity index (χ0v) is 20.3. The molecule has 0 spiro atoms. The predicted octanol–water partition coefficient (Wildman–Crippen LogP) is 3.28. The number of nitrogens with one attached hydrogen (secondary N) is 2. The highest BCUT2D eigenvalue weighted by Gasteiger charge is 2.51. The lowest BCUT2D eigenvalue weighted by Crippen LogP contribution is -2.46. The van der Waals surface area contributed by atoms with Gasteiger partial charge in [0.1, 0.15) is 12.1 Å². The molecule has 2 fully saturated rings. The number of benzene rings is 2. The van der Waals surface area contributed by atoms with E-state index in [-0.39, 0.29) is 6.54 Å². The maximum Gasteiger partial charge on any atom is 0.325 e. The highest BCUT2D eigenvalue weighted by molar-refractivity contribution is 6.31. The summed E-state index contributed by atoms with van der Waals surface area (Å²) in [7, 11) is 0. The Morgan fingerprint density at radius 1 is 1.06 bits per heavy atom. The third-order valence-corrected chi connectivity index (χ3v) is 6.90. The third-order valence-electron chi connectivity index (χ3n) is 6.67. The molecule has 180 valence electrons. The number of nitrogens with zero attached hydrogens (tertiary/aromatic N) is 3. The molecule has 1 atom stereocenters. The summed E-state index contributed by atoms with van der Waals surface area (Å²) in [5.74, 6) is -0.887. The number of carbonyl (C=O) groups excluding carboxylic acids is 3. The summed E-state index contributed by atoms with van der Waals surface area (Å²) in [5, 5.41) is 6.18. The first-order valence-corrected chi connectivity index (χ1v) is 12.0. The van der Waals surface area contributed by atoms with Gasteiger partial charge in [0.15, 0.2) is 0 Å². The van der Waals surface area contributed by atoms with Gasteiger partial charge in [-0.15, -0.1) is 0 Å². The fourth-order valence-electron chi connectivity index (χ4n) is 4.65. The summed E-state index contributed by atoms with van der Waals surface area (Å²) in [6.45, 7) is 8.15. The van der Waals surface area contributed by atoms with Crippen molar-refractivity contribution in [1.82, 2.24) is 15.1 Å². The predicted molar refractivity (Wildman–Crippen MR) is 133 cm³/mol. The first kappa shape index (κ1) is 24.0. The zero-order chi connectivity index (χ0) is 24.3. The topological polar surface area (TPSA) is 85.0 Å². The van der Waals surface area contributed by atoms with Gasteiger partial charge in [-0.2, -0.15) is 0 Å². The molecule has 0 radical (unpaired) electrons. The van der Waals surface area contributed by atoms with Gasteiger partial charge in [-0.25, -0.2) is 4.79 Å². The van der Waals surface area contributed by atoms with E-state index in [2.05, 4.69) is 27.4 Å². The van der Waals surface area contributed by atoms with Gasteiger partial charge < -0.3 is 20.4 Å². The molecule has 0 aliphatic carbocycles. The maximum absolute atomic E-state index is 13.3. The second-order valence-corrected chi connectivity index (χ2v) is 9.01. The van der Waals surface area contributed by atoms with Crippen LogP contribution in [-0.2, 0) is 15.1 Å². The maximum atomic E-state index is 13.3.